The molecule has 3 amide bonds. The van der Waals surface area contributed by atoms with Crippen molar-refractivity contribution in [2.45, 2.75) is 27.2 Å². The maximum atomic E-state index is 12.7. The molecule has 0 radical (unpaired) electrons. The minimum atomic E-state index is -0.278. The molecular formula is C24H25N5O2S. The van der Waals surface area contributed by atoms with Gasteiger partial charge >= 0.3 is 6.03 Å². The monoisotopic (exact) mass is 447 g/mol. The zero-order chi connectivity index (χ0) is 22.7. The normalized spacial score (nSPS) is 10.8. The first kappa shape index (κ1) is 21.6. The van der Waals surface area contributed by atoms with Crippen molar-refractivity contribution in [1.82, 2.24) is 15.3 Å². The molecule has 0 bridgehead atoms. The maximum absolute atomic E-state index is 12.7. The van der Waals surface area contributed by atoms with Crippen LogP contribution in [-0.2, 0) is 6.42 Å². The molecule has 2 aromatic carbocycles. The fourth-order valence-electron chi connectivity index (χ4n) is 3.67. The van der Waals surface area contributed by atoms with Crippen LogP contribution >= 0.6 is 11.3 Å². The van der Waals surface area contributed by atoms with E-state index in [9.17, 15) is 9.59 Å². The number of anilines is 2. The quantitative estimate of drug-likeness (QED) is 0.328. The van der Waals surface area contributed by atoms with E-state index in [1.165, 1.54) is 16.9 Å². The van der Waals surface area contributed by atoms with Gasteiger partial charge in [0.15, 0.2) is 0 Å². The number of fused-ring (bicyclic) bond motifs is 1. The van der Waals surface area contributed by atoms with E-state index < -0.39 is 0 Å². The molecule has 2 aromatic heterocycles. The Kier molecular flexibility index (Phi) is 6.23. The first-order valence-electron chi connectivity index (χ1n) is 10.3. The molecule has 4 aromatic rings. The first-order chi connectivity index (χ1) is 15.4. The van der Waals surface area contributed by atoms with E-state index in [1.807, 2.05) is 63.4 Å². The van der Waals surface area contributed by atoms with Crippen LogP contribution in [0.3, 0.4) is 0 Å². The Balaban J connectivity index is 1.28. The highest BCUT2D eigenvalue weighted by Gasteiger charge is 2.14. The lowest BCUT2D eigenvalue weighted by atomic mass is 10.1. The van der Waals surface area contributed by atoms with Gasteiger partial charge in [-0.15, -0.1) is 11.3 Å². The number of carbonyl (C=O) groups excluding carboxylic acids is 2. The lowest BCUT2D eigenvalue weighted by Crippen LogP contribution is -2.30. The van der Waals surface area contributed by atoms with E-state index in [-0.39, 0.29) is 11.9 Å². The SMILES string of the molecule is Cc1cc(C)c(NC(=O)c2cnc(CCNC(=O)Nc3ccc4[nH]ccc4c3)s2)c(C)c1. The molecule has 0 fully saturated rings. The van der Waals surface area contributed by atoms with Crippen molar-refractivity contribution in [3.05, 3.63) is 75.4 Å². The number of benzene rings is 2. The number of thiazole rings is 1. The number of amides is 3. The Labute approximate surface area is 190 Å². The predicted octanol–water partition coefficient (Wildman–Crippen LogP) is 5.17. The van der Waals surface area contributed by atoms with E-state index in [4.69, 9.17) is 0 Å². The summed E-state index contributed by atoms with van der Waals surface area (Å²) < 4.78 is 0. The summed E-state index contributed by atoms with van der Waals surface area (Å²) in [6.45, 7) is 6.43. The molecular weight excluding hydrogens is 422 g/mol. The fraction of sp³-hybridized carbons (Fsp3) is 0.208. The summed E-state index contributed by atoms with van der Waals surface area (Å²) >= 11 is 1.33. The van der Waals surface area contributed by atoms with Crippen LogP contribution in [0, 0.1) is 20.8 Å². The number of urea groups is 1. The van der Waals surface area contributed by atoms with Crippen molar-refractivity contribution in [3.8, 4) is 0 Å². The van der Waals surface area contributed by atoms with Gasteiger partial charge in [-0.1, -0.05) is 17.7 Å². The highest BCUT2D eigenvalue weighted by Crippen LogP contribution is 2.24. The minimum absolute atomic E-state index is 0.172. The van der Waals surface area contributed by atoms with Crippen LogP contribution in [0.5, 0.6) is 0 Å². The molecule has 7 nitrogen and oxygen atoms in total. The molecule has 0 spiro atoms. The third-order valence-corrected chi connectivity index (χ3v) is 6.18. The van der Waals surface area contributed by atoms with Crippen LogP contribution < -0.4 is 16.0 Å². The van der Waals surface area contributed by atoms with Gasteiger partial charge in [0, 0.05) is 41.4 Å². The number of aryl methyl sites for hydroxylation is 3. The molecule has 0 aliphatic heterocycles. The van der Waals surface area contributed by atoms with Gasteiger partial charge in [0.25, 0.3) is 5.91 Å². The molecule has 0 atom stereocenters. The molecule has 2 heterocycles. The second-order valence-corrected chi connectivity index (χ2v) is 8.87. The van der Waals surface area contributed by atoms with E-state index in [0.29, 0.717) is 17.8 Å². The molecule has 0 aliphatic carbocycles. The Morgan fingerprint density at radius 3 is 2.59 bits per heavy atom. The van der Waals surface area contributed by atoms with Crippen LogP contribution in [0.4, 0.5) is 16.2 Å². The van der Waals surface area contributed by atoms with Gasteiger partial charge in [0.1, 0.15) is 4.88 Å². The van der Waals surface area contributed by atoms with E-state index in [2.05, 4.69) is 25.9 Å². The second-order valence-electron chi connectivity index (χ2n) is 7.76. The number of nitrogens with one attached hydrogen (secondary N) is 4. The predicted molar refractivity (Wildman–Crippen MR) is 130 cm³/mol. The lowest BCUT2D eigenvalue weighted by Gasteiger charge is -2.12. The van der Waals surface area contributed by atoms with Gasteiger partial charge in [-0.25, -0.2) is 9.78 Å². The lowest BCUT2D eigenvalue weighted by molar-refractivity contribution is 0.103. The highest BCUT2D eigenvalue weighted by molar-refractivity contribution is 7.13. The fourth-order valence-corrected chi connectivity index (χ4v) is 4.48. The molecule has 32 heavy (non-hydrogen) atoms. The van der Waals surface area contributed by atoms with Gasteiger partial charge in [-0.3, -0.25) is 4.79 Å². The van der Waals surface area contributed by atoms with Crippen LogP contribution in [-0.4, -0.2) is 28.5 Å². The molecule has 0 unspecified atom stereocenters. The van der Waals surface area contributed by atoms with Gasteiger partial charge < -0.3 is 20.9 Å². The Hall–Kier alpha value is -3.65. The van der Waals surface area contributed by atoms with Crippen molar-refractivity contribution in [2.75, 3.05) is 17.2 Å². The van der Waals surface area contributed by atoms with Gasteiger partial charge in [0.05, 0.1) is 11.2 Å². The number of nitrogens with zero attached hydrogens (tertiary/aromatic N) is 1. The van der Waals surface area contributed by atoms with Crippen molar-refractivity contribution in [1.29, 1.82) is 0 Å². The standard InChI is InChI=1S/C24H25N5O2S/c1-14-10-15(2)22(16(3)11-14)29-23(30)20-13-27-21(32-20)7-9-26-24(31)28-18-4-5-19-17(12-18)6-8-25-19/h4-6,8,10-13,25H,7,9H2,1-3H3,(H,29,30)(H2,26,28,31). The zero-order valence-electron chi connectivity index (χ0n) is 18.2. The number of aromatic amines is 1. The smallest absolute Gasteiger partial charge is 0.319 e. The Morgan fingerprint density at radius 2 is 1.81 bits per heavy atom. The number of carbonyl (C=O) groups is 2. The van der Waals surface area contributed by atoms with Crippen molar-refractivity contribution in [3.63, 3.8) is 0 Å². The number of hydrogen-bond acceptors (Lipinski definition) is 4. The summed E-state index contributed by atoms with van der Waals surface area (Å²) in [5.41, 5.74) is 5.82. The molecule has 8 heteroatoms. The van der Waals surface area contributed by atoms with Crippen molar-refractivity contribution < 1.29 is 9.59 Å². The average Bonchev–Trinajstić information content (AvgIpc) is 3.39. The largest absolute Gasteiger partial charge is 0.361 e. The van der Waals surface area contributed by atoms with Gasteiger partial charge in [0.2, 0.25) is 0 Å². The van der Waals surface area contributed by atoms with Crippen LogP contribution in [0.1, 0.15) is 31.4 Å². The molecule has 0 saturated heterocycles. The molecule has 0 saturated carbocycles. The third kappa shape index (κ3) is 4.97. The van der Waals surface area contributed by atoms with Crippen LogP contribution in [0.2, 0.25) is 0 Å². The van der Waals surface area contributed by atoms with E-state index >= 15 is 0 Å². The minimum Gasteiger partial charge on any atom is -0.361 e. The number of H-pyrrole nitrogens is 1. The Bertz CT molecular complexity index is 1270. The summed E-state index contributed by atoms with van der Waals surface area (Å²) in [5.74, 6) is -0.172. The van der Waals surface area contributed by atoms with Crippen LogP contribution in [0.15, 0.2) is 48.8 Å². The average molecular weight is 448 g/mol. The summed E-state index contributed by atoms with van der Waals surface area (Å²) in [4.78, 5) is 32.8. The highest BCUT2D eigenvalue weighted by atomic mass is 32.1. The number of hydrogen-bond donors (Lipinski definition) is 4. The molecule has 0 aliphatic rings. The number of aromatic nitrogens is 2. The van der Waals surface area contributed by atoms with Crippen molar-refractivity contribution in [2.24, 2.45) is 0 Å². The van der Waals surface area contributed by atoms with Gasteiger partial charge in [-0.05, 0) is 56.2 Å². The van der Waals surface area contributed by atoms with Gasteiger partial charge in [-0.2, -0.15) is 0 Å². The summed E-state index contributed by atoms with van der Waals surface area (Å²) in [6, 6.07) is 11.5. The summed E-state index contributed by atoms with van der Waals surface area (Å²) in [6.07, 6.45) is 3.99. The van der Waals surface area contributed by atoms with E-state index in [0.717, 1.165) is 38.4 Å². The number of rotatable bonds is 6. The van der Waals surface area contributed by atoms with Crippen molar-refractivity contribution >= 4 is 45.6 Å². The second kappa shape index (κ2) is 9.23. The molecule has 164 valence electrons. The molecule has 4 N–H and O–H groups in total. The summed E-state index contributed by atoms with van der Waals surface area (Å²) in [5, 5.41) is 10.5. The third-order valence-electron chi connectivity index (χ3n) is 5.13. The maximum Gasteiger partial charge on any atom is 0.319 e. The topological polar surface area (TPSA) is 98.9 Å². The summed E-state index contributed by atoms with van der Waals surface area (Å²) in [7, 11) is 0. The molecule has 4 rings (SSSR count). The van der Waals surface area contributed by atoms with E-state index in [1.54, 1.807) is 6.20 Å². The first-order valence-corrected chi connectivity index (χ1v) is 11.2. The van der Waals surface area contributed by atoms with Crippen LogP contribution in [0.25, 0.3) is 10.9 Å². The Morgan fingerprint density at radius 1 is 1.03 bits per heavy atom. The zero-order valence-corrected chi connectivity index (χ0v) is 19.0.